The average Bonchev–Trinajstić information content (AvgIpc) is 3.05. The number of carbonyl (C=O) groups excluding carboxylic acids is 1. The largest absolute Gasteiger partial charge is 0.493 e. The maximum atomic E-state index is 11.8. The lowest BCUT2D eigenvalue weighted by atomic mass is 10.2. The van der Waals surface area contributed by atoms with Crippen LogP contribution in [0, 0.1) is 6.92 Å². The summed E-state index contributed by atoms with van der Waals surface area (Å²) in [5.41, 5.74) is 1.92. The van der Waals surface area contributed by atoms with Crippen molar-refractivity contribution in [3.63, 3.8) is 0 Å². The predicted octanol–water partition coefficient (Wildman–Crippen LogP) is 3.97. The van der Waals surface area contributed by atoms with Gasteiger partial charge in [0.25, 0.3) is 5.91 Å². The fourth-order valence-electron chi connectivity index (χ4n) is 2.71. The normalized spacial score (nSPS) is 14.7. The van der Waals surface area contributed by atoms with Crippen molar-refractivity contribution in [2.75, 3.05) is 33.5 Å². The van der Waals surface area contributed by atoms with Crippen LogP contribution in [0.2, 0.25) is 0 Å². The average molecular weight is 446 g/mol. The Labute approximate surface area is 185 Å². The fourth-order valence-corrected chi connectivity index (χ4v) is 3.75. The van der Waals surface area contributed by atoms with Crippen LogP contribution in [-0.4, -0.2) is 43.8 Å². The van der Waals surface area contributed by atoms with Gasteiger partial charge >= 0.3 is 0 Å². The monoisotopic (exact) mass is 445 g/mol. The van der Waals surface area contributed by atoms with Gasteiger partial charge in [-0.25, -0.2) is 0 Å². The van der Waals surface area contributed by atoms with Gasteiger partial charge in [0.05, 0.1) is 25.2 Å². The maximum absolute atomic E-state index is 11.8. The van der Waals surface area contributed by atoms with Crippen molar-refractivity contribution in [2.24, 2.45) is 0 Å². The zero-order valence-corrected chi connectivity index (χ0v) is 18.4. The van der Waals surface area contributed by atoms with Crippen molar-refractivity contribution in [3.8, 4) is 17.2 Å². The quantitative estimate of drug-likeness (QED) is 0.337. The molecule has 0 spiro atoms. The van der Waals surface area contributed by atoms with E-state index in [9.17, 15) is 4.79 Å². The molecule has 3 rings (SSSR count). The molecule has 0 radical (unpaired) electrons. The number of thiocarbonyl (C=S) groups is 1. The number of rotatable bonds is 10. The zero-order valence-electron chi connectivity index (χ0n) is 16.8. The minimum absolute atomic E-state index is 0.187. The number of methoxy groups -OCH3 is 1. The van der Waals surface area contributed by atoms with Gasteiger partial charge in [0, 0.05) is 0 Å². The van der Waals surface area contributed by atoms with E-state index in [1.54, 1.807) is 13.2 Å². The number of nitrogens with one attached hydrogen (secondary N) is 1. The molecule has 1 heterocycles. The first-order chi connectivity index (χ1) is 14.6. The first-order valence-corrected chi connectivity index (χ1v) is 10.6. The molecular weight excluding hydrogens is 422 g/mol. The standard InChI is InChI=1S/C22H23NO5S2/c1-15-5-3-4-6-17(15)27-11-9-26-10-12-28-18-8-7-16(13-19(18)25-2)14-20-21(24)23-22(29)30-20/h3-8,13-14H,9-12H2,1-2H3,(H,23,24,29)/b20-14-. The van der Waals surface area contributed by atoms with Crippen LogP contribution >= 0.6 is 24.0 Å². The summed E-state index contributed by atoms with van der Waals surface area (Å²) in [5.74, 6) is 1.87. The van der Waals surface area contributed by atoms with Crippen molar-refractivity contribution in [1.29, 1.82) is 0 Å². The SMILES string of the molecule is COc1cc(/C=C2\SC(=S)NC2=O)ccc1OCCOCCOc1ccccc1C. The Morgan fingerprint density at radius 1 is 1.00 bits per heavy atom. The van der Waals surface area contributed by atoms with Crippen LogP contribution in [0.15, 0.2) is 47.4 Å². The topological polar surface area (TPSA) is 66.0 Å². The Hall–Kier alpha value is -2.55. The van der Waals surface area contributed by atoms with Gasteiger partial charge < -0.3 is 24.3 Å². The third-order valence-corrected chi connectivity index (χ3v) is 5.35. The minimum Gasteiger partial charge on any atom is -0.493 e. The molecule has 158 valence electrons. The molecular formula is C22H23NO5S2. The summed E-state index contributed by atoms with van der Waals surface area (Å²) in [6.45, 7) is 3.78. The molecule has 0 bridgehead atoms. The van der Waals surface area contributed by atoms with Crippen LogP contribution in [-0.2, 0) is 9.53 Å². The molecule has 0 unspecified atom stereocenters. The predicted molar refractivity (Wildman–Crippen MR) is 122 cm³/mol. The summed E-state index contributed by atoms with van der Waals surface area (Å²) in [6.07, 6.45) is 1.77. The van der Waals surface area contributed by atoms with Crippen molar-refractivity contribution < 1.29 is 23.7 Å². The summed E-state index contributed by atoms with van der Waals surface area (Å²) in [7, 11) is 1.57. The second-order valence-electron chi connectivity index (χ2n) is 6.34. The molecule has 2 aromatic carbocycles. The summed E-state index contributed by atoms with van der Waals surface area (Å²) in [6, 6.07) is 13.4. The van der Waals surface area contributed by atoms with Gasteiger partial charge in [-0.2, -0.15) is 0 Å². The van der Waals surface area contributed by atoms with Crippen molar-refractivity contribution in [2.45, 2.75) is 6.92 Å². The van der Waals surface area contributed by atoms with E-state index in [1.807, 2.05) is 49.4 Å². The van der Waals surface area contributed by atoms with E-state index in [0.717, 1.165) is 16.9 Å². The van der Waals surface area contributed by atoms with Crippen molar-refractivity contribution in [3.05, 3.63) is 58.5 Å². The van der Waals surface area contributed by atoms with Gasteiger partial charge in [-0.1, -0.05) is 48.2 Å². The van der Waals surface area contributed by atoms with E-state index in [4.69, 9.17) is 31.2 Å². The number of para-hydroxylation sites is 1. The maximum Gasteiger partial charge on any atom is 0.263 e. The Kier molecular flexibility index (Phi) is 8.12. The Morgan fingerprint density at radius 3 is 2.40 bits per heavy atom. The summed E-state index contributed by atoms with van der Waals surface area (Å²) in [4.78, 5) is 12.3. The molecule has 1 aliphatic rings. The molecule has 30 heavy (non-hydrogen) atoms. The van der Waals surface area contributed by atoms with Crippen LogP contribution in [0.3, 0.4) is 0 Å². The van der Waals surface area contributed by atoms with Gasteiger partial charge in [0.15, 0.2) is 11.5 Å². The Balaban J connectivity index is 1.43. The van der Waals surface area contributed by atoms with Crippen molar-refractivity contribution in [1.82, 2.24) is 5.32 Å². The molecule has 1 aliphatic heterocycles. The zero-order chi connectivity index (χ0) is 21.3. The number of benzene rings is 2. The van der Waals surface area contributed by atoms with Gasteiger partial charge in [-0.05, 0) is 42.3 Å². The number of hydrogen-bond donors (Lipinski definition) is 1. The Morgan fingerprint density at radius 2 is 1.73 bits per heavy atom. The highest BCUT2D eigenvalue weighted by molar-refractivity contribution is 8.26. The molecule has 8 heteroatoms. The van der Waals surface area contributed by atoms with Crippen LogP contribution < -0.4 is 19.5 Å². The lowest BCUT2D eigenvalue weighted by molar-refractivity contribution is -0.115. The molecule has 1 saturated heterocycles. The van der Waals surface area contributed by atoms with Crippen LogP contribution in [0.5, 0.6) is 17.2 Å². The molecule has 0 aromatic heterocycles. The molecule has 1 fully saturated rings. The minimum atomic E-state index is -0.187. The lowest BCUT2D eigenvalue weighted by Crippen LogP contribution is -2.17. The van der Waals surface area contributed by atoms with E-state index in [1.165, 1.54) is 11.8 Å². The van der Waals surface area contributed by atoms with Crippen molar-refractivity contribution >= 4 is 40.3 Å². The van der Waals surface area contributed by atoms with Gasteiger partial charge in [0.1, 0.15) is 23.3 Å². The number of ether oxygens (including phenoxy) is 4. The summed E-state index contributed by atoms with van der Waals surface area (Å²) in [5, 5.41) is 2.60. The highest BCUT2D eigenvalue weighted by Gasteiger charge is 2.22. The van der Waals surface area contributed by atoms with E-state index in [-0.39, 0.29) is 5.91 Å². The third-order valence-electron chi connectivity index (χ3n) is 4.19. The molecule has 0 atom stereocenters. The number of aryl methyl sites for hydroxylation is 1. The van der Waals surface area contributed by atoms with Crippen LogP contribution in [0.4, 0.5) is 0 Å². The van der Waals surface area contributed by atoms with E-state index >= 15 is 0 Å². The fraction of sp³-hybridized carbons (Fsp3) is 0.273. The first kappa shape index (κ1) is 22.1. The van der Waals surface area contributed by atoms with Gasteiger partial charge in [0.2, 0.25) is 0 Å². The molecule has 1 N–H and O–H groups in total. The summed E-state index contributed by atoms with van der Waals surface area (Å²) >= 11 is 6.24. The molecule has 2 aromatic rings. The van der Waals surface area contributed by atoms with Crippen LogP contribution in [0.1, 0.15) is 11.1 Å². The number of carbonyl (C=O) groups is 1. The number of amides is 1. The van der Waals surface area contributed by atoms with E-state index < -0.39 is 0 Å². The highest BCUT2D eigenvalue weighted by Crippen LogP contribution is 2.31. The second-order valence-corrected chi connectivity index (χ2v) is 8.06. The molecule has 1 amide bonds. The van der Waals surface area contributed by atoms with E-state index in [2.05, 4.69) is 5.32 Å². The van der Waals surface area contributed by atoms with Gasteiger partial charge in [-0.15, -0.1) is 0 Å². The number of thioether (sulfide) groups is 1. The van der Waals surface area contributed by atoms with Gasteiger partial charge in [-0.3, -0.25) is 4.79 Å². The molecule has 0 saturated carbocycles. The third kappa shape index (κ3) is 6.22. The first-order valence-electron chi connectivity index (χ1n) is 9.38. The molecule has 0 aliphatic carbocycles. The lowest BCUT2D eigenvalue weighted by Gasteiger charge is -2.12. The Bertz CT molecular complexity index is 945. The second kappa shape index (κ2) is 11.0. The van der Waals surface area contributed by atoms with Crippen LogP contribution in [0.25, 0.3) is 6.08 Å². The summed E-state index contributed by atoms with van der Waals surface area (Å²) < 4.78 is 22.9. The molecule has 6 nitrogen and oxygen atoms in total. The highest BCUT2D eigenvalue weighted by atomic mass is 32.2. The van der Waals surface area contributed by atoms with E-state index in [0.29, 0.717) is 47.2 Å². The smallest absolute Gasteiger partial charge is 0.263 e. The number of hydrogen-bond acceptors (Lipinski definition) is 7.